The van der Waals surface area contributed by atoms with E-state index in [1.807, 2.05) is 0 Å². The first kappa shape index (κ1) is 9.40. The maximum atomic E-state index is 10.6. The quantitative estimate of drug-likeness (QED) is 0.335. The van der Waals surface area contributed by atoms with Gasteiger partial charge in [0.25, 0.3) is 0 Å². The second-order valence-corrected chi connectivity index (χ2v) is 2.59. The van der Waals surface area contributed by atoms with Crippen LogP contribution >= 0.6 is 0 Å². The zero-order chi connectivity index (χ0) is 9.30. The fraction of sp³-hybridized carbons (Fsp3) is 0.833. The van der Waals surface area contributed by atoms with E-state index < -0.39 is 37.0 Å². The van der Waals surface area contributed by atoms with Crippen molar-refractivity contribution >= 4 is 5.97 Å². The van der Waals surface area contributed by atoms with Crippen LogP contribution in [0.4, 0.5) is 0 Å². The molecule has 4 atom stereocenters. The Balaban J connectivity index is 2.64. The second-order valence-electron chi connectivity index (χ2n) is 2.59. The van der Waals surface area contributed by atoms with E-state index in [4.69, 9.17) is 20.4 Å². The predicted molar refractivity (Wildman–Crippen MR) is 35.0 cm³/mol. The molecule has 0 aliphatic carbocycles. The molecule has 0 spiro atoms. The Labute approximate surface area is 68.0 Å². The first-order chi connectivity index (χ1) is 5.57. The molecule has 70 valence electrons. The van der Waals surface area contributed by atoms with Gasteiger partial charge in [-0.3, -0.25) is 0 Å². The summed E-state index contributed by atoms with van der Waals surface area (Å²) in [6.45, 7) is -0.637. The molecule has 1 fully saturated rings. The summed E-state index contributed by atoms with van der Waals surface area (Å²) in [6, 6.07) is 0. The molecule has 0 aromatic heterocycles. The van der Waals surface area contributed by atoms with Crippen molar-refractivity contribution in [2.45, 2.75) is 24.4 Å². The molecular weight excluding hydrogens is 168 g/mol. The lowest BCUT2D eigenvalue weighted by atomic mass is 10.1. The summed E-state index contributed by atoms with van der Waals surface area (Å²) in [7, 11) is 0. The van der Waals surface area contributed by atoms with Crippen LogP contribution in [0.3, 0.4) is 0 Å². The van der Waals surface area contributed by atoms with Crippen molar-refractivity contribution in [3.05, 3.63) is 0 Å². The van der Waals surface area contributed by atoms with Crippen molar-refractivity contribution in [1.82, 2.24) is 0 Å². The van der Waals surface area contributed by atoms with Crippen molar-refractivity contribution in [2.75, 3.05) is 6.61 Å². The van der Waals surface area contributed by atoms with Crippen molar-refractivity contribution in [1.29, 1.82) is 0 Å². The van der Waals surface area contributed by atoms with Crippen LogP contribution in [0, 0.1) is 0 Å². The number of ether oxygens (including phenoxy) is 1. The Hall–Kier alpha value is -0.690. The molecular formula is C6H10O6. The summed E-state index contributed by atoms with van der Waals surface area (Å²) in [5.41, 5.74) is 0. The lowest BCUT2D eigenvalue weighted by Gasteiger charge is -2.17. The molecule has 6 nitrogen and oxygen atoms in total. The van der Waals surface area contributed by atoms with E-state index in [1.54, 1.807) is 0 Å². The van der Waals surface area contributed by atoms with Crippen LogP contribution in [0.1, 0.15) is 0 Å². The van der Waals surface area contributed by atoms with Gasteiger partial charge in [0.1, 0.15) is 12.2 Å². The van der Waals surface area contributed by atoms with Gasteiger partial charge in [-0.2, -0.15) is 0 Å². The minimum absolute atomic E-state index is 0.637. The standard InChI is InChI=1S/C6H10O6/c7-1-2(8)5-3(9)4(10)6(11)12-5/h2-5,7-10H,1H2/t2?,3-,4-,5-/m0/s1. The zero-order valence-electron chi connectivity index (χ0n) is 6.12. The molecule has 12 heavy (non-hydrogen) atoms. The molecule has 0 bridgehead atoms. The predicted octanol–water partition coefficient (Wildman–Crippen LogP) is -3.01. The van der Waals surface area contributed by atoms with E-state index in [0.717, 1.165) is 0 Å². The molecule has 1 aliphatic rings. The first-order valence-electron chi connectivity index (χ1n) is 3.43. The number of rotatable bonds is 2. The molecule has 0 amide bonds. The highest BCUT2D eigenvalue weighted by Crippen LogP contribution is 2.18. The number of cyclic esters (lactones) is 1. The van der Waals surface area contributed by atoms with Crippen LogP contribution in [-0.2, 0) is 9.53 Å². The Morgan fingerprint density at radius 3 is 2.42 bits per heavy atom. The molecule has 0 radical (unpaired) electrons. The average molecular weight is 178 g/mol. The maximum absolute atomic E-state index is 10.6. The van der Waals surface area contributed by atoms with Crippen LogP contribution in [-0.4, -0.2) is 57.4 Å². The highest BCUT2D eigenvalue weighted by atomic mass is 16.6. The first-order valence-corrected chi connectivity index (χ1v) is 3.43. The van der Waals surface area contributed by atoms with Gasteiger partial charge in [-0.1, -0.05) is 0 Å². The monoisotopic (exact) mass is 178 g/mol. The molecule has 1 aliphatic heterocycles. The summed E-state index contributed by atoms with van der Waals surface area (Å²) in [4.78, 5) is 10.6. The van der Waals surface area contributed by atoms with Crippen molar-refractivity contribution in [2.24, 2.45) is 0 Å². The molecule has 1 heterocycles. The summed E-state index contributed by atoms with van der Waals surface area (Å²) in [5, 5.41) is 35.3. The van der Waals surface area contributed by atoms with Gasteiger partial charge in [0.05, 0.1) is 6.61 Å². The summed E-state index contributed by atoms with van der Waals surface area (Å²) >= 11 is 0. The van der Waals surface area contributed by atoms with Gasteiger partial charge in [-0.15, -0.1) is 0 Å². The van der Waals surface area contributed by atoms with E-state index in [2.05, 4.69) is 4.74 Å². The fourth-order valence-electron chi connectivity index (χ4n) is 1.00. The molecule has 1 unspecified atom stereocenters. The molecule has 0 saturated carbocycles. The highest BCUT2D eigenvalue weighted by molar-refractivity contribution is 5.77. The molecule has 6 heteroatoms. The Bertz CT molecular complexity index is 181. The third kappa shape index (κ3) is 1.42. The van der Waals surface area contributed by atoms with Gasteiger partial charge in [-0.05, 0) is 0 Å². The van der Waals surface area contributed by atoms with Crippen LogP contribution in [0.25, 0.3) is 0 Å². The number of aliphatic hydroxyl groups is 4. The third-order valence-corrected chi connectivity index (χ3v) is 1.72. The third-order valence-electron chi connectivity index (χ3n) is 1.72. The average Bonchev–Trinajstić information content (AvgIpc) is 2.32. The second kappa shape index (κ2) is 3.36. The zero-order valence-corrected chi connectivity index (χ0v) is 6.12. The maximum Gasteiger partial charge on any atom is 0.338 e. The Kier molecular flexibility index (Phi) is 2.63. The van der Waals surface area contributed by atoms with Gasteiger partial charge < -0.3 is 25.2 Å². The highest BCUT2D eigenvalue weighted by Gasteiger charge is 2.45. The normalized spacial score (nSPS) is 38.0. The van der Waals surface area contributed by atoms with Crippen LogP contribution in [0.15, 0.2) is 0 Å². The lowest BCUT2D eigenvalue weighted by molar-refractivity contribution is -0.151. The van der Waals surface area contributed by atoms with Gasteiger partial charge in [-0.25, -0.2) is 4.79 Å². The van der Waals surface area contributed by atoms with E-state index >= 15 is 0 Å². The fourth-order valence-corrected chi connectivity index (χ4v) is 1.00. The van der Waals surface area contributed by atoms with E-state index in [0.29, 0.717) is 0 Å². The van der Waals surface area contributed by atoms with Gasteiger partial charge in [0.2, 0.25) is 0 Å². The van der Waals surface area contributed by atoms with Crippen LogP contribution < -0.4 is 0 Å². The largest absolute Gasteiger partial charge is 0.455 e. The van der Waals surface area contributed by atoms with Crippen LogP contribution in [0.5, 0.6) is 0 Å². The Morgan fingerprint density at radius 1 is 1.50 bits per heavy atom. The smallest absolute Gasteiger partial charge is 0.338 e. The minimum atomic E-state index is -1.63. The van der Waals surface area contributed by atoms with Crippen molar-refractivity contribution < 1.29 is 30.0 Å². The van der Waals surface area contributed by atoms with Gasteiger partial charge >= 0.3 is 5.97 Å². The number of aliphatic hydroxyl groups excluding tert-OH is 4. The number of hydrogen-bond donors (Lipinski definition) is 4. The topological polar surface area (TPSA) is 107 Å². The lowest BCUT2D eigenvalue weighted by Crippen LogP contribution is -2.40. The van der Waals surface area contributed by atoms with Gasteiger partial charge in [0.15, 0.2) is 12.2 Å². The summed E-state index contributed by atoms with van der Waals surface area (Å²) in [6.07, 6.45) is -5.70. The molecule has 1 rings (SSSR count). The number of carbonyl (C=O) groups excluding carboxylic acids is 1. The Morgan fingerprint density at radius 2 is 2.08 bits per heavy atom. The summed E-state index contributed by atoms with van der Waals surface area (Å²) in [5.74, 6) is -0.986. The molecule has 1 saturated heterocycles. The number of esters is 1. The minimum Gasteiger partial charge on any atom is -0.455 e. The van der Waals surface area contributed by atoms with E-state index in [9.17, 15) is 4.79 Å². The summed E-state index contributed by atoms with van der Waals surface area (Å²) < 4.78 is 4.39. The van der Waals surface area contributed by atoms with E-state index in [1.165, 1.54) is 0 Å². The molecule has 4 N–H and O–H groups in total. The molecule has 0 aromatic rings. The number of hydrogen-bond acceptors (Lipinski definition) is 6. The van der Waals surface area contributed by atoms with Gasteiger partial charge in [0, 0.05) is 0 Å². The molecule has 0 aromatic carbocycles. The van der Waals surface area contributed by atoms with E-state index in [-0.39, 0.29) is 0 Å². The van der Waals surface area contributed by atoms with Crippen LogP contribution in [0.2, 0.25) is 0 Å². The van der Waals surface area contributed by atoms with Crippen molar-refractivity contribution in [3.8, 4) is 0 Å². The number of carbonyl (C=O) groups is 1. The van der Waals surface area contributed by atoms with Crippen molar-refractivity contribution in [3.63, 3.8) is 0 Å². The SMILES string of the molecule is O=C1O[C@@H](C(O)CO)[C@@H](O)[C@@H]1O.